The second-order valence-corrected chi connectivity index (χ2v) is 5.26. The zero-order valence-corrected chi connectivity index (χ0v) is 11.1. The van der Waals surface area contributed by atoms with Crippen LogP contribution in [0.2, 0.25) is 0 Å². The molecule has 1 N–H and O–H groups in total. The van der Waals surface area contributed by atoms with Gasteiger partial charge in [0.25, 0.3) is 0 Å². The summed E-state index contributed by atoms with van der Waals surface area (Å²) in [6.07, 6.45) is 1.56. The molecule has 1 atom stereocenters. The van der Waals surface area contributed by atoms with E-state index >= 15 is 0 Å². The third kappa shape index (κ3) is 3.57. The van der Waals surface area contributed by atoms with Crippen molar-refractivity contribution in [2.75, 3.05) is 18.5 Å². The molecule has 2 rings (SSSR count). The van der Waals surface area contributed by atoms with Crippen molar-refractivity contribution in [1.29, 1.82) is 0 Å². The molecule has 3 nitrogen and oxygen atoms in total. The van der Waals surface area contributed by atoms with Crippen LogP contribution < -0.4 is 5.32 Å². The van der Waals surface area contributed by atoms with E-state index < -0.39 is 0 Å². The summed E-state index contributed by atoms with van der Waals surface area (Å²) in [7, 11) is 0. The summed E-state index contributed by atoms with van der Waals surface area (Å²) in [6.45, 7) is 5.81. The number of carbonyl (C=O) groups excluding carboxylic acids is 1. The highest BCUT2D eigenvalue weighted by Crippen LogP contribution is 2.20. The second-order valence-electron chi connectivity index (χ2n) is 5.26. The van der Waals surface area contributed by atoms with Crippen LogP contribution in [0.15, 0.2) is 24.3 Å². The van der Waals surface area contributed by atoms with Gasteiger partial charge >= 0.3 is 0 Å². The zero-order valence-electron chi connectivity index (χ0n) is 11.1. The fourth-order valence-electron chi connectivity index (χ4n) is 2.19. The van der Waals surface area contributed by atoms with E-state index in [0.29, 0.717) is 18.3 Å². The molecule has 1 aliphatic rings. The lowest BCUT2D eigenvalue weighted by Crippen LogP contribution is -2.16. The van der Waals surface area contributed by atoms with Crippen LogP contribution in [0.1, 0.15) is 38.2 Å². The minimum atomic E-state index is 0.0893. The Morgan fingerprint density at radius 3 is 3.00 bits per heavy atom. The number of hydrogen-bond acceptors (Lipinski definition) is 2. The van der Waals surface area contributed by atoms with E-state index in [4.69, 9.17) is 4.74 Å². The first kappa shape index (κ1) is 13.1. The molecule has 98 valence electrons. The minimum Gasteiger partial charge on any atom is -0.381 e. The summed E-state index contributed by atoms with van der Waals surface area (Å²) in [5, 5.41) is 2.97. The maximum Gasteiger partial charge on any atom is 0.224 e. The molecule has 1 aromatic rings. The summed E-state index contributed by atoms with van der Waals surface area (Å²) in [4.78, 5) is 11.9. The van der Waals surface area contributed by atoms with Crippen LogP contribution in [-0.2, 0) is 9.53 Å². The van der Waals surface area contributed by atoms with Crippen molar-refractivity contribution in [2.24, 2.45) is 5.92 Å². The van der Waals surface area contributed by atoms with E-state index in [9.17, 15) is 4.79 Å². The molecule has 0 bridgehead atoms. The Morgan fingerprint density at radius 2 is 2.33 bits per heavy atom. The molecular formula is C15H21NO2. The smallest absolute Gasteiger partial charge is 0.224 e. The predicted octanol–water partition coefficient (Wildman–Crippen LogP) is 3.18. The van der Waals surface area contributed by atoms with Crippen LogP contribution in [0.5, 0.6) is 0 Å². The molecule has 1 aromatic carbocycles. The highest BCUT2D eigenvalue weighted by molar-refractivity contribution is 5.90. The lowest BCUT2D eigenvalue weighted by atomic mass is 10.0. The summed E-state index contributed by atoms with van der Waals surface area (Å²) < 4.78 is 5.28. The van der Waals surface area contributed by atoms with Crippen molar-refractivity contribution in [3.05, 3.63) is 29.8 Å². The lowest BCUT2D eigenvalue weighted by Gasteiger charge is -2.11. The molecule has 1 fully saturated rings. The first-order chi connectivity index (χ1) is 8.65. The topological polar surface area (TPSA) is 38.3 Å². The Hall–Kier alpha value is -1.35. The van der Waals surface area contributed by atoms with Gasteiger partial charge in [0, 0.05) is 25.3 Å². The van der Waals surface area contributed by atoms with E-state index in [0.717, 1.165) is 25.3 Å². The highest BCUT2D eigenvalue weighted by Gasteiger charge is 2.19. The average Bonchev–Trinajstić information content (AvgIpc) is 2.82. The van der Waals surface area contributed by atoms with Crippen molar-refractivity contribution >= 4 is 11.6 Å². The number of nitrogens with one attached hydrogen (secondary N) is 1. The van der Waals surface area contributed by atoms with Gasteiger partial charge in [-0.25, -0.2) is 0 Å². The molecule has 0 saturated carbocycles. The first-order valence-electron chi connectivity index (χ1n) is 6.62. The van der Waals surface area contributed by atoms with Gasteiger partial charge in [-0.15, -0.1) is 0 Å². The van der Waals surface area contributed by atoms with Gasteiger partial charge in [-0.2, -0.15) is 0 Å². The molecule has 1 heterocycles. The van der Waals surface area contributed by atoms with Crippen LogP contribution in [0, 0.1) is 5.92 Å². The Balaban J connectivity index is 1.91. The van der Waals surface area contributed by atoms with Crippen LogP contribution in [0.4, 0.5) is 5.69 Å². The maximum atomic E-state index is 11.9. The molecule has 0 spiro atoms. The zero-order chi connectivity index (χ0) is 13.0. The lowest BCUT2D eigenvalue weighted by molar-refractivity contribution is -0.117. The summed E-state index contributed by atoms with van der Waals surface area (Å²) >= 11 is 0. The fourth-order valence-corrected chi connectivity index (χ4v) is 2.19. The Labute approximate surface area is 109 Å². The fraction of sp³-hybridized carbons (Fsp3) is 0.533. The molecule has 18 heavy (non-hydrogen) atoms. The maximum absolute atomic E-state index is 11.9. The van der Waals surface area contributed by atoms with E-state index in [1.165, 1.54) is 5.56 Å². The number of carbonyl (C=O) groups is 1. The molecule has 1 saturated heterocycles. The van der Waals surface area contributed by atoms with Crippen LogP contribution >= 0.6 is 0 Å². The Kier molecular flexibility index (Phi) is 4.37. The summed E-state index contributed by atoms with van der Waals surface area (Å²) in [5.41, 5.74) is 2.14. The highest BCUT2D eigenvalue weighted by atomic mass is 16.5. The summed E-state index contributed by atoms with van der Waals surface area (Å²) in [6, 6.07) is 8.07. The normalized spacial score (nSPS) is 19.2. The Morgan fingerprint density at radius 1 is 1.50 bits per heavy atom. The minimum absolute atomic E-state index is 0.0893. The molecule has 0 radical (unpaired) electrons. The van der Waals surface area contributed by atoms with E-state index in [1.807, 2.05) is 18.2 Å². The van der Waals surface area contributed by atoms with Crippen molar-refractivity contribution in [1.82, 2.24) is 0 Å². The molecule has 1 aliphatic heterocycles. The molecule has 3 heteroatoms. The van der Waals surface area contributed by atoms with Gasteiger partial charge in [0.05, 0.1) is 0 Å². The van der Waals surface area contributed by atoms with Gasteiger partial charge in [-0.1, -0.05) is 26.0 Å². The van der Waals surface area contributed by atoms with Crippen LogP contribution in [-0.4, -0.2) is 19.1 Å². The summed E-state index contributed by atoms with van der Waals surface area (Å²) in [5.74, 6) is 0.953. The van der Waals surface area contributed by atoms with E-state index in [-0.39, 0.29) is 5.91 Å². The third-order valence-corrected chi connectivity index (χ3v) is 3.34. The predicted molar refractivity (Wildman–Crippen MR) is 72.7 cm³/mol. The SMILES string of the molecule is CC(C)c1cccc(NC(=O)CC2CCOC2)c1. The largest absolute Gasteiger partial charge is 0.381 e. The monoisotopic (exact) mass is 247 g/mol. The van der Waals surface area contributed by atoms with Crippen molar-refractivity contribution in [3.63, 3.8) is 0 Å². The number of ether oxygens (including phenoxy) is 1. The van der Waals surface area contributed by atoms with Gasteiger partial charge in [0.15, 0.2) is 0 Å². The molecule has 0 aromatic heterocycles. The average molecular weight is 247 g/mol. The van der Waals surface area contributed by atoms with Crippen LogP contribution in [0.3, 0.4) is 0 Å². The van der Waals surface area contributed by atoms with Crippen LogP contribution in [0.25, 0.3) is 0 Å². The first-order valence-corrected chi connectivity index (χ1v) is 6.62. The second kappa shape index (κ2) is 6.01. The van der Waals surface area contributed by atoms with Gasteiger partial charge in [0.2, 0.25) is 5.91 Å². The number of hydrogen-bond donors (Lipinski definition) is 1. The van der Waals surface area contributed by atoms with Gasteiger partial charge < -0.3 is 10.1 Å². The molecule has 1 amide bonds. The third-order valence-electron chi connectivity index (χ3n) is 3.34. The standard InChI is InChI=1S/C15H21NO2/c1-11(2)13-4-3-5-14(9-13)16-15(17)8-12-6-7-18-10-12/h3-5,9,11-12H,6-8,10H2,1-2H3,(H,16,17). The molecule has 1 unspecified atom stereocenters. The van der Waals surface area contributed by atoms with Gasteiger partial charge in [-0.3, -0.25) is 4.79 Å². The van der Waals surface area contributed by atoms with Crippen molar-refractivity contribution in [3.8, 4) is 0 Å². The van der Waals surface area contributed by atoms with Crippen molar-refractivity contribution < 1.29 is 9.53 Å². The number of anilines is 1. The number of benzene rings is 1. The van der Waals surface area contributed by atoms with E-state index in [2.05, 4.69) is 25.2 Å². The number of amides is 1. The van der Waals surface area contributed by atoms with Gasteiger partial charge in [-0.05, 0) is 36.0 Å². The molecule has 0 aliphatic carbocycles. The number of rotatable bonds is 4. The molecular weight excluding hydrogens is 226 g/mol. The van der Waals surface area contributed by atoms with Crippen molar-refractivity contribution in [2.45, 2.75) is 32.6 Å². The van der Waals surface area contributed by atoms with E-state index in [1.54, 1.807) is 0 Å². The quantitative estimate of drug-likeness (QED) is 0.887. The van der Waals surface area contributed by atoms with Gasteiger partial charge in [0.1, 0.15) is 0 Å². The Bertz CT molecular complexity index is 409.